The van der Waals surface area contributed by atoms with Crippen molar-refractivity contribution in [2.75, 3.05) is 14.2 Å². The first kappa shape index (κ1) is 9.87. The maximum absolute atomic E-state index is 12.5. The lowest BCUT2D eigenvalue weighted by atomic mass is 10.3. The van der Waals surface area contributed by atoms with Crippen LogP contribution in [0, 0.1) is 0 Å². The molecular formula is C6H9FO4. The van der Waals surface area contributed by atoms with Crippen LogP contribution in [0.25, 0.3) is 0 Å². The molecule has 0 fully saturated rings. The Morgan fingerprint density at radius 3 is 2.27 bits per heavy atom. The molecule has 0 aliphatic heterocycles. The Hall–Kier alpha value is -1.13. The lowest BCUT2D eigenvalue weighted by Crippen LogP contribution is -2.21. The Balaban J connectivity index is 3.77. The monoisotopic (exact) mass is 164 g/mol. The molecule has 0 bridgehead atoms. The number of esters is 2. The van der Waals surface area contributed by atoms with E-state index in [-0.39, 0.29) is 0 Å². The van der Waals surface area contributed by atoms with Gasteiger partial charge >= 0.3 is 11.9 Å². The summed E-state index contributed by atoms with van der Waals surface area (Å²) in [4.78, 5) is 20.7. The molecule has 0 N–H and O–H groups in total. The predicted octanol–water partition coefficient (Wildman–Crippen LogP) is 0.0606. The fourth-order valence-electron chi connectivity index (χ4n) is 0.441. The van der Waals surface area contributed by atoms with E-state index in [4.69, 9.17) is 0 Å². The van der Waals surface area contributed by atoms with Gasteiger partial charge in [-0.1, -0.05) is 0 Å². The van der Waals surface area contributed by atoms with Crippen molar-refractivity contribution < 1.29 is 23.5 Å². The second-order valence-electron chi connectivity index (χ2n) is 1.77. The Morgan fingerprint density at radius 1 is 1.36 bits per heavy atom. The molecule has 0 aromatic rings. The number of methoxy groups -OCH3 is 2. The second kappa shape index (κ2) is 4.65. The molecule has 0 spiro atoms. The van der Waals surface area contributed by atoms with Gasteiger partial charge in [-0.05, 0) is 0 Å². The highest BCUT2D eigenvalue weighted by atomic mass is 19.1. The van der Waals surface area contributed by atoms with Crippen molar-refractivity contribution in [3.63, 3.8) is 0 Å². The summed E-state index contributed by atoms with van der Waals surface area (Å²) in [5.41, 5.74) is 0. The SMILES string of the molecule is COC(=O)C[C@H](F)C(=O)OC. The van der Waals surface area contributed by atoms with Gasteiger partial charge in [0.05, 0.1) is 20.6 Å². The van der Waals surface area contributed by atoms with Gasteiger partial charge in [-0.15, -0.1) is 0 Å². The summed E-state index contributed by atoms with van der Waals surface area (Å²) in [5.74, 6) is -1.83. The molecule has 1 atom stereocenters. The molecule has 5 heteroatoms. The third-order valence-electron chi connectivity index (χ3n) is 1.03. The van der Waals surface area contributed by atoms with E-state index in [1.165, 1.54) is 0 Å². The van der Waals surface area contributed by atoms with E-state index in [2.05, 4.69) is 9.47 Å². The van der Waals surface area contributed by atoms with Crippen LogP contribution in [0.3, 0.4) is 0 Å². The van der Waals surface area contributed by atoms with Crippen molar-refractivity contribution in [3.05, 3.63) is 0 Å². The zero-order chi connectivity index (χ0) is 8.85. The summed E-state index contributed by atoms with van der Waals surface area (Å²) in [7, 11) is 2.17. The van der Waals surface area contributed by atoms with Gasteiger partial charge in [-0.3, -0.25) is 4.79 Å². The van der Waals surface area contributed by atoms with Gasteiger partial charge in [0.1, 0.15) is 0 Å². The number of hydrogen-bond donors (Lipinski definition) is 0. The van der Waals surface area contributed by atoms with Crippen LogP contribution in [0.2, 0.25) is 0 Å². The van der Waals surface area contributed by atoms with Crippen molar-refractivity contribution >= 4 is 11.9 Å². The average molecular weight is 164 g/mol. The zero-order valence-corrected chi connectivity index (χ0v) is 6.30. The number of ether oxygens (including phenoxy) is 2. The number of hydrogen-bond acceptors (Lipinski definition) is 4. The molecule has 0 saturated carbocycles. The molecule has 0 aliphatic carbocycles. The molecule has 0 aliphatic rings. The quantitative estimate of drug-likeness (QED) is 0.553. The zero-order valence-electron chi connectivity index (χ0n) is 6.30. The largest absolute Gasteiger partial charge is 0.469 e. The van der Waals surface area contributed by atoms with Crippen molar-refractivity contribution in [1.29, 1.82) is 0 Å². The average Bonchev–Trinajstić information content (AvgIpc) is 2.02. The summed E-state index contributed by atoms with van der Waals surface area (Å²) >= 11 is 0. The number of alkyl halides is 1. The Labute approximate surface area is 63.3 Å². The minimum Gasteiger partial charge on any atom is -0.469 e. The Morgan fingerprint density at radius 2 is 1.91 bits per heavy atom. The minimum atomic E-state index is -1.92. The fraction of sp³-hybridized carbons (Fsp3) is 0.667. The molecule has 0 unspecified atom stereocenters. The molecule has 0 rings (SSSR count). The Kier molecular flexibility index (Phi) is 4.17. The molecule has 0 aromatic carbocycles. The van der Waals surface area contributed by atoms with E-state index in [1.807, 2.05) is 0 Å². The standard InChI is InChI=1S/C6H9FO4/c1-10-5(8)3-4(7)6(9)11-2/h4H,3H2,1-2H3/t4-/m0/s1. The lowest BCUT2D eigenvalue weighted by Gasteiger charge is -2.02. The first-order chi connectivity index (χ1) is 5.11. The third kappa shape index (κ3) is 3.54. The fourth-order valence-corrected chi connectivity index (χ4v) is 0.441. The van der Waals surface area contributed by atoms with Crippen LogP contribution in [0.15, 0.2) is 0 Å². The van der Waals surface area contributed by atoms with Crippen LogP contribution in [0.5, 0.6) is 0 Å². The number of carbonyl (C=O) groups excluding carboxylic acids is 2. The summed E-state index contributed by atoms with van der Waals surface area (Å²) in [5, 5.41) is 0. The van der Waals surface area contributed by atoms with Crippen molar-refractivity contribution in [2.45, 2.75) is 12.6 Å². The van der Waals surface area contributed by atoms with Gasteiger partial charge < -0.3 is 9.47 Å². The summed E-state index contributed by atoms with van der Waals surface area (Å²) < 4.78 is 20.6. The third-order valence-corrected chi connectivity index (χ3v) is 1.03. The maximum atomic E-state index is 12.5. The molecule has 0 heterocycles. The molecular weight excluding hydrogens is 155 g/mol. The van der Waals surface area contributed by atoms with Gasteiger partial charge in [0.15, 0.2) is 0 Å². The minimum absolute atomic E-state index is 0.594. The normalized spacial score (nSPS) is 11.9. The highest BCUT2D eigenvalue weighted by Crippen LogP contribution is 2.00. The van der Waals surface area contributed by atoms with Gasteiger partial charge in [0.2, 0.25) is 6.17 Å². The van der Waals surface area contributed by atoms with E-state index in [1.54, 1.807) is 0 Å². The molecule has 11 heavy (non-hydrogen) atoms. The first-order valence-electron chi connectivity index (χ1n) is 2.90. The van der Waals surface area contributed by atoms with Crippen LogP contribution < -0.4 is 0 Å². The van der Waals surface area contributed by atoms with Crippen LogP contribution in [-0.2, 0) is 19.1 Å². The van der Waals surface area contributed by atoms with Crippen LogP contribution >= 0.6 is 0 Å². The first-order valence-corrected chi connectivity index (χ1v) is 2.90. The van der Waals surface area contributed by atoms with E-state index in [0.717, 1.165) is 14.2 Å². The maximum Gasteiger partial charge on any atom is 0.341 e. The number of halogens is 1. The highest BCUT2D eigenvalue weighted by molar-refractivity contribution is 5.81. The van der Waals surface area contributed by atoms with Crippen molar-refractivity contribution in [2.24, 2.45) is 0 Å². The molecule has 0 saturated heterocycles. The number of carbonyl (C=O) groups is 2. The smallest absolute Gasteiger partial charge is 0.341 e. The highest BCUT2D eigenvalue weighted by Gasteiger charge is 2.21. The topological polar surface area (TPSA) is 52.6 Å². The van der Waals surface area contributed by atoms with E-state index < -0.39 is 24.5 Å². The summed E-state index contributed by atoms with van der Waals surface area (Å²) in [6, 6.07) is 0. The molecule has 0 radical (unpaired) electrons. The van der Waals surface area contributed by atoms with Gasteiger partial charge in [-0.2, -0.15) is 0 Å². The molecule has 0 aromatic heterocycles. The van der Waals surface area contributed by atoms with E-state index in [0.29, 0.717) is 0 Å². The summed E-state index contributed by atoms with van der Waals surface area (Å²) in [6.45, 7) is 0. The Bertz CT molecular complexity index is 157. The van der Waals surface area contributed by atoms with E-state index in [9.17, 15) is 14.0 Å². The molecule has 4 nitrogen and oxygen atoms in total. The molecule has 64 valence electrons. The lowest BCUT2D eigenvalue weighted by molar-refractivity contribution is -0.152. The van der Waals surface area contributed by atoms with Crippen molar-refractivity contribution in [1.82, 2.24) is 0 Å². The van der Waals surface area contributed by atoms with E-state index >= 15 is 0 Å². The second-order valence-corrected chi connectivity index (χ2v) is 1.77. The number of rotatable bonds is 3. The van der Waals surface area contributed by atoms with Gasteiger partial charge in [0.25, 0.3) is 0 Å². The van der Waals surface area contributed by atoms with Crippen molar-refractivity contribution in [3.8, 4) is 0 Å². The van der Waals surface area contributed by atoms with Crippen LogP contribution in [0.4, 0.5) is 4.39 Å². The van der Waals surface area contributed by atoms with Crippen LogP contribution in [0.1, 0.15) is 6.42 Å². The summed E-state index contributed by atoms with van der Waals surface area (Å²) in [6.07, 6.45) is -2.52. The molecule has 0 amide bonds. The van der Waals surface area contributed by atoms with Gasteiger partial charge in [-0.25, -0.2) is 9.18 Å². The predicted molar refractivity (Wildman–Crippen MR) is 33.5 cm³/mol. The van der Waals surface area contributed by atoms with Crippen LogP contribution in [-0.4, -0.2) is 32.3 Å². The van der Waals surface area contributed by atoms with Gasteiger partial charge in [0, 0.05) is 0 Å².